The van der Waals surface area contributed by atoms with Gasteiger partial charge < -0.3 is 0 Å². The molecule has 0 aliphatic heterocycles. The van der Waals surface area contributed by atoms with E-state index >= 15 is 0 Å². The quantitative estimate of drug-likeness (QED) is 0.540. The molecule has 1 rings (SSSR count). The maximum absolute atomic E-state index is 4.30. The Hall–Kier alpha value is -0.410. The van der Waals surface area contributed by atoms with Crippen LogP contribution in [0.25, 0.3) is 0 Å². The van der Waals surface area contributed by atoms with Crippen LogP contribution in [0.15, 0.2) is 42.1 Å². The summed E-state index contributed by atoms with van der Waals surface area (Å²) in [6.45, 7) is 10.7. The van der Waals surface area contributed by atoms with E-state index in [2.05, 4.69) is 32.3 Å². The molecule has 88 valence electrons. The second-order valence-corrected chi connectivity index (χ2v) is 6.55. The molecule has 0 saturated heterocycles. The highest BCUT2D eigenvalue weighted by Gasteiger charge is 2.18. The summed E-state index contributed by atoms with van der Waals surface area (Å²) in [6.07, 6.45) is 3.88. The molecule has 0 aliphatic rings. The van der Waals surface area contributed by atoms with Gasteiger partial charge >= 0.3 is 0 Å². The second-order valence-electron chi connectivity index (χ2n) is 4.15. The van der Waals surface area contributed by atoms with E-state index in [0.717, 1.165) is 5.03 Å². The molecule has 0 aliphatic carbocycles. The van der Waals surface area contributed by atoms with Gasteiger partial charge in [-0.25, -0.2) is 4.98 Å². The van der Waals surface area contributed by atoms with Crippen LogP contribution in [0.2, 0.25) is 0 Å². The summed E-state index contributed by atoms with van der Waals surface area (Å²) >= 11 is 0. The van der Waals surface area contributed by atoms with E-state index in [1.807, 2.05) is 41.3 Å². The van der Waals surface area contributed by atoms with Crippen molar-refractivity contribution < 1.29 is 0 Å². The minimum Gasteiger partial charge on any atom is -0.249 e. The Morgan fingerprint density at radius 2 is 2.06 bits per heavy atom. The number of nitrogens with zero attached hydrogens (tertiary/aromatic N) is 1. The topological polar surface area (TPSA) is 12.9 Å². The van der Waals surface area contributed by atoms with Gasteiger partial charge in [-0.3, -0.25) is 0 Å². The Labute approximate surface area is 107 Å². The lowest BCUT2D eigenvalue weighted by Gasteiger charge is -2.22. The average molecular weight is 253 g/mol. The highest BCUT2D eigenvalue weighted by Crippen LogP contribution is 2.38. The van der Waals surface area contributed by atoms with Crippen LogP contribution in [0.1, 0.15) is 20.8 Å². The van der Waals surface area contributed by atoms with Crippen molar-refractivity contribution >= 4 is 21.6 Å². The zero-order valence-corrected chi connectivity index (χ0v) is 11.7. The fourth-order valence-corrected chi connectivity index (χ4v) is 3.92. The fourth-order valence-electron chi connectivity index (χ4n) is 1.22. The van der Waals surface area contributed by atoms with Crippen molar-refractivity contribution in [3.8, 4) is 0 Å². The van der Waals surface area contributed by atoms with Crippen molar-refractivity contribution in [3.63, 3.8) is 0 Å². The van der Waals surface area contributed by atoms with E-state index < -0.39 is 0 Å². The first-order valence-corrected chi connectivity index (χ1v) is 7.73. The van der Waals surface area contributed by atoms with Gasteiger partial charge in [0.25, 0.3) is 0 Å². The molecular formula is C13H19NS2. The molecule has 0 amide bonds. The highest BCUT2D eigenvalue weighted by molar-refractivity contribution is 8.77. The largest absolute Gasteiger partial charge is 0.249 e. The monoisotopic (exact) mass is 253 g/mol. The summed E-state index contributed by atoms with van der Waals surface area (Å²) in [6, 6.07) is 6.00. The van der Waals surface area contributed by atoms with Gasteiger partial charge in [0.05, 0.1) is 0 Å². The Morgan fingerprint density at radius 1 is 1.31 bits per heavy atom. The molecule has 0 radical (unpaired) electrons. The van der Waals surface area contributed by atoms with Crippen LogP contribution in [0.4, 0.5) is 0 Å². The normalized spacial score (nSPS) is 14.8. The van der Waals surface area contributed by atoms with Gasteiger partial charge in [-0.2, -0.15) is 0 Å². The Kier molecular flexibility index (Phi) is 5.99. The molecule has 2 atom stereocenters. The highest BCUT2D eigenvalue weighted by atomic mass is 33.1. The SMILES string of the molecule is C=CC(SSc1ccccn1)C(C)C(C)C. The molecule has 2 unspecified atom stereocenters. The number of hydrogen-bond donors (Lipinski definition) is 0. The first kappa shape index (κ1) is 13.7. The maximum atomic E-state index is 4.30. The van der Waals surface area contributed by atoms with Gasteiger partial charge in [0.1, 0.15) is 5.03 Å². The minimum atomic E-state index is 0.479. The zero-order valence-electron chi connectivity index (χ0n) is 10.1. The number of aromatic nitrogens is 1. The molecule has 0 bridgehead atoms. The Morgan fingerprint density at radius 3 is 2.56 bits per heavy atom. The molecule has 0 saturated carbocycles. The van der Waals surface area contributed by atoms with Crippen molar-refractivity contribution in [2.45, 2.75) is 31.0 Å². The number of pyridine rings is 1. The molecule has 1 aromatic heterocycles. The average Bonchev–Trinajstić information content (AvgIpc) is 2.30. The van der Waals surface area contributed by atoms with Crippen molar-refractivity contribution in [2.24, 2.45) is 11.8 Å². The summed E-state index contributed by atoms with van der Waals surface area (Å²) in [4.78, 5) is 4.30. The van der Waals surface area contributed by atoms with Crippen molar-refractivity contribution in [3.05, 3.63) is 37.1 Å². The fraction of sp³-hybridized carbons (Fsp3) is 0.462. The summed E-state index contributed by atoms with van der Waals surface area (Å²) in [5, 5.41) is 1.54. The van der Waals surface area contributed by atoms with Crippen LogP contribution < -0.4 is 0 Å². The Bertz CT molecular complexity index is 311. The third-order valence-corrected chi connectivity index (χ3v) is 5.50. The molecule has 0 aromatic carbocycles. The third kappa shape index (κ3) is 4.22. The Balaban J connectivity index is 2.49. The van der Waals surface area contributed by atoms with E-state index in [9.17, 15) is 0 Å². The van der Waals surface area contributed by atoms with Gasteiger partial charge in [0.2, 0.25) is 0 Å². The lowest BCUT2D eigenvalue weighted by Crippen LogP contribution is -2.16. The molecule has 3 heteroatoms. The van der Waals surface area contributed by atoms with Crippen LogP contribution in [-0.2, 0) is 0 Å². The number of hydrogen-bond acceptors (Lipinski definition) is 3. The van der Waals surface area contributed by atoms with Gasteiger partial charge in [-0.1, -0.05) is 43.7 Å². The van der Waals surface area contributed by atoms with Crippen LogP contribution in [0, 0.1) is 11.8 Å². The maximum Gasteiger partial charge on any atom is 0.106 e. The van der Waals surface area contributed by atoms with Crippen molar-refractivity contribution in [1.82, 2.24) is 4.98 Å². The molecule has 16 heavy (non-hydrogen) atoms. The summed E-state index contributed by atoms with van der Waals surface area (Å²) in [5.41, 5.74) is 0. The van der Waals surface area contributed by atoms with Crippen LogP contribution >= 0.6 is 21.6 Å². The summed E-state index contributed by atoms with van der Waals surface area (Å²) < 4.78 is 0. The lowest BCUT2D eigenvalue weighted by molar-refractivity contribution is 0.433. The number of rotatable bonds is 6. The van der Waals surface area contributed by atoms with Gasteiger partial charge in [-0.05, 0) is 34.8 Å². The second kappa shape index (κ2) is 7.02. The minimum absolute atomic E-state index is 0.479. The molecule has 0 spiro atoms. The summed E-state index contributed by atoms with van der Waals surface area (Å²) in [5.74, 6) is 1.32. The molecular weight excluding hydrogens is 234 g/mol. The first-order chi connectivity index (χ1) is 7.65. The van der Waals surface area contributed by atoms with Gasteiger partial charge in [0, 0.05) is 11.4 Å². The standard InChI is InChI=1S/C13H19NS2/c1-5-12(11(4)10(2)3)15-16-13-8-6-7-9-14-13/h5-12H,1H2,2-4H3. The van der Waals surface area contributed by atoms with Crippen LogP contribution in [0.5, 0.6) is 0 Å². The zero-order chi connectivity index (χ0) is 12.0. The van der Waals surface area contributed by atoms with Crippen LogP contribution in [-0.4, -0.2) is 10.2 Å². The molecule has 1 heterocycles. The van der Waals surface area contributed by atoms with E-state index in [0.29, 0.717) is 17.1 Å². The lowest BCUT2D eigenvalue weighted by atomic mass is 9.94. The van der Waals surface area contributed by atoms with Crippen molar-refractivity contribution in [1.29, 1.82) is 0 Å². The molecule has 1 nitrogen and oxygen atoms in total. The third-order valence-electron chi connectivity index (χ3n) is 2.68. The van der Waals surface area contributed by atoms with E-state index in [1.54, 1.807) is 10.8 Å². The van der Waals surface area contributed by atoms with Gasteiger partial charge in [-0.15, -0.1) is 6.58 Å². The van der Waals surface area contributed by atoms with E-state index in [-0.39, 0.29) is 0 Å². The molecule has 0 fully saturated rings. The first-order valence-electron chi connectivity index (χ1n) is 5.52. The predicted octanol–water partition coefficient (Wildman–Crippen LogP) is 4.67. The summed E-state index contributed by atoms with van der Waals surface area (Å²) in [7, 11) is 3.58. The van der Waals surface area contributed by atoms with Crippen LogP contribution in [0.3, 0.4) is 0 Å². The molecule has 0 N–H and O–H groups in total. The van der Waals surface area contributed by atoms with Gasteiger partial charge in [0.15, 0.2) is 0 Å². The van der Waals surface area contributed by atoms with E-state index in [1.165, 1.54) is 0 Å². The van der Waals surface area contributed by atoms with E-state index in [4.69, 9.17) is 0 Å². The predicted molar refractivity (Wildman–Crippen MR) is 75.7 cm³/mol. The smallest absolute Gasteiger partial charge is 0.106 e. The van der Waals surface area contributed by atoms with Crippen molar-refractivity contribution in [2.75, 3.05) is 0 Å². The molecule has 1 aromatic rings.